The van der Waals surface area contributed by atoms with Crippen molar-refractivity contribution in [2.45, 2.75) is 0 Å². The van der Waals surface area contributed by atoms with E-state index in [-0.39, 0.29) is 0 Å². The van der Waals surface area contributed by atoms with Crippen LogP contribution in [0, 0.1) is 0 Å². The third kappa shape index (κ3) is 4.81. The van der Waals surface area contributed by atoms with Crippen LogP contribution >= 0.6 is 0 Å². The zero-order chi connectivity index (χ0) is 37.5. The molecule has 0 fully saturated rings. The van der Waals surface area contributed by atoms with Crippen LogP contribution in [0.2, 0.25) is 0 Å². The van der Waals surface area contributed by atoms with Gasteiger partial charge in [0.2, 0.25) is 5.89 Å². The van der Waals surface area contributed by atoms with Gasteiger partial charge >= 0.3 is 0 Å². The highest BCUT2D eigenvalue weighted by Crippen LogP contribution is 2.51. The Kier molecular flexibility index (Phi) is 6.96. The molecule has 0 amide bonds. The lowest BCUT2D eigenvalue weighted by atomic mass is 9.80. The van der Waals surface area contributed by atoms with Crippen LogP contribution in [0.1, 0.15) is 0 Å². The largest absolute Gasteiger partial charge is 0.435 e. The lowest BCUT2D eigenvalue weighted by Crippen LogP contribution is -1.95. The molecule has 264 valence electrons. The summed E-state index contributed by atoms with van der Waals surface area (Å²) in [7, 11) is 0. The van der Waals surface area contributed by atoms with E-state index in [0.717, 1.165) is 38.2 Å². The first-order chi connectivity index (χ1) is 28.3. The first kappa shape index (κ1) is 31.8. The SMILES string of the molecule is c1ccc(-c2nc3ccc4ccc5cc(-c6c7ccccc7c(-c7c(-c8ccccc8)c8ccccc8c8ccccc78)c7ccccc67)ccc5c4c3o2)cc1. The van der Waals surface area contributed by atoms with Crippen LogP contribution in [0.15, 0.2) is 205 Å². The Hall–Kier alpha value is -7.55. The Balaban J connectivity index is 1.16. The Bertz CT molecular complexity index is 3510. The number of hydrogen-bond acceptors (Lipinski definition) is 2. The maximum atomic E-state index is 6.55. The summed E-state index contributed by atoms with van der Waals surface area (Å²) in [6.45, 7) is 0. The molecule has 0 N–H and O–H groups in total. The van der Waals surface area contributed by atoms with Gasteiger partial charge in [0.1, 0.15) is 5.52 Å². The summed E-state index contributed by atoms with van der Waals surface area (Å²) in [5.41, 5.74) is 10.1. The molecule has 0 unspecified atom stereocenters. The summed E-state index contributed by atoms with van der Waals surface area (Å²) in [6, 6.07) is 72.5. The predicted molar refractivity (Wildman–Crippen MR) is 241 cm³/mol. The van der Waals surface area contributed by atoms with E-state index in [4.69, 9.17) is 9.40 Å². The molecule has 1 heterocycles. The van der Waals surface area contributed by atoms with E-state index in [9.17, 15) is 0 Å². The summed E-state index contributed by atoms with van der Waals surface area (Å²) in [4.78, 5) is 4.90. The van der Waals surface area contributed by atoms with Crippen molar-refractivity contribution >= 4 is 75.7 Å². The monoisotopic (exact) mass is 723 g/mol. The first-order valence-electron chi connectivity index (χ1n) is 19.5. The van der Waals surface area contributed by atoms with Crippen LogP contribution in [-0.4, -0.2) is 4.98 Å². The Morgan fingerprint density at radius 2 is 0.772 bits per heavy atom. The minimum absolute atomic E-state index is 0.638. The second kappa shape index (κ2) is 12.5. The molecule has 1 aromatic heterocycles. The Labute approximate surface area is 328 Å². The van der Waals surface area contributed by atoms with E-state index >= 15 is 0 Å². The van der Waals surface area contributed by atoms with E-state index in [0.29, 0.717) is 5.89 Å². The van der Waals surface area contributed by atoms with Crippen molar-refractivity contribution in [1.82, 2.24) is 4.98 Å². The molecule has 0 radical (unpaired) electrons. The van der Waals surface area contributed by atoms with Gasteiger partial charge < -0.3 is 4.42 Å². The molecule has 0 saturated carbocycles. The first-order valence-corrected chi connectivity index (χ1v) is 19.5. The quantitative estimate of drug-likeness (QED) is 0.133. The minimum Gasteiger partial charge on any atom is -0.435 e. The van der Waals surface area contributed by atoms with Crippen molar-refractivity contribution in [3.05, 3.63) is 200 Å². The molecule has 2 heteroatoms. The Morgan fingerprint density at radius 1 is 0.298 bits per heavy atom. The number of aromatic nitrogens is 1. The molecular weight excluding hydrogens is 691 g/mol. The summed E-state index contributed by atoms with van der Waals surface area (Å²) in [5.74, 6) is 0.638. The molecule has 57 heavy (non-hydrogen) atoms. The zero-order valence-corrected chi connectivity index (χ0v) is 30.9. The van der Waals surface area contributed by atoms with E-state index in [1.54, 1.807) is 0 Å². The molecule has 0 aliphatic heterocycles. The van der Waals surface area contributed by atoms with Gasteiger partial charge in [-0.15, -0.1) is 0 Å². The molecule has 0 aliphatic rings. The average molecular weight is 724 g/mol. The fraction of sp³-hybridized carbons (Fsp3) is 0. The van der Waals surface area contributed by atoms with Gasteiger partial charge in [-0.2, -0.15) is 0 Å². The van der Waals surface area contributed by atoms with Crippen molar-refractivity contribution in [2.75, 3.05) is 0 Å². The fourth-order valence-corrected chi connectivity index (χ4v) is 9.41. The van der Waals surface area contributed by atoms with Crippen LogP contribution in [0.3, 0.4) is 0 Å². The number of hydrogen-bond donors (Lipinski definition) is 0. The topological polar surface area (TPSA) is 26.0 Å². The van der Waals surface area contributed by atoms with Crippen LogP contribution in [0.5, 0.6) is 0 Å². The van der Waals surface area contributed by atoms with Gasteiger partial charge in [-0.25, -0.2) is 4.98 Å². The predicted octanol–water partition coefficient (Wildman–Crippen LogP) is 15.4. The zero-order valence-electron chi connectivity index (χ0n) is 30.9. The third-order valence-electron chi connectivity index (χ3n) is 11.8. The second-order valence-electron chi connectivity index (χ2n) is 14.9. The van der Waals surface area contributed by atoms with Crippen molar-refractivity contribution in [2.24, 2.45) is 0 Å². The van der Waals surface area contributed by atoms with Crippen LogP contribution < -0.4 is 0 Å². The molecule has 0 aliphatic carbocycles. The van der Waals surface area contributed by atoms with Gasteiger partial charge in [0.15, 0.2) is 5.58 Å². The van der Waals surface area contributed by atoms with E-state index < -0.39 is 0 Å². The molecule has 0 saturated heterocycles. The molecule has 0 atom stereocenters. The highest BCUT2D eigenvalue weighted by Gasteiger charge is 2.23. The highest BCUT2D eigenvalue weighted by molar-refractivity contribution is 6.30. The summed E-state index contributed by atoms with van der Waals surface area (Å²) in [6.07, 6.45) is 0. The van der Waals surface area contributed by atoms with E-state index in [1.807, 2.05) is 30.3 Å². The van der Waals surface area contributed by atoms with E-state index in [1.165, 1.54) is 76.5 Å². The number of oxazole rings is 1. The van der Waals surface area contributed by atoms with Gasteiger partial charge in [-0.1, -0.05) is 176 Å². The molecule has 2 nitrogen and oxygen atoms in total. The standard InChI is InChI=1S/C55H33NO/c1-3-15-34(16-4-1)50-42-21-9-7-19-40(42)41-20-8-10-22-43(41)53(50)52-46-25-13-11-23-44(46)49(45-24-12-14-26-47(45)52)38-29-31-39-37(33-38)28-27-35-30-32-48-54(51(35)39)57-55(56-48)36-17-5-2-6-18-36/h1-33H. The average Bonchev–Trinajstić information content (AvgIpc) is 3.73. The van der Waals surface area contributed by atoms with Crippen molar-refractivity contribution < 1.29 is 4.42 Å². The van der Waals surface area contributed by atoms with Gasteiger partial charge in [0, 0.05) is 10.9 Å². The molecule has 0 bridgehead atoms. The van der Waals surface area contributed by atoms with Crippen LogP contribution in [0.4, 0.5) is 0 Å². The number of nitrogens with zero attached hydrogens (tertiary/aromatic N) is 1. The fourth-order valence-electron chi connectivity index (χ4n) is 9.41. The van der Waals surface area contributed by atoms with Crippen molar-refractivity contribution in [3.8, 4) is 44.8 Å². The maximum absolute atomic E-state index is 6.55. The van der Waals surface area contributed by atoms with Crippen molar-refractivity contribution in [3.63, 3.8) is 0 Å². The Morgan fingerprint density at radius 3 is 1.39 bits per heavy atom. The van der Waals surface area contributed by atoms with Gasteiger partial charge in [0.05, 0.1) is 0 Å². The van der Waals surface area contributed by atoms with Gasteiger partial charge in [-0.05, 0) is 117 Å². The summed E-state index contributed by atoms with van der Waals surface area (Å²) >= 11 is 0. The van der Waals surface area contributed by atoms with Crippen LogP contribution in [0.25, 0.3) is 121 Å². The number of benzene rings is 11. The minimum atomic E-state index is 0.638. The normalized spacial score (nSPS) is 11.9. The number of fused-ring (bicyclic) bond motifs is 10. The molecule has 12 aromatic rings. The molecule has 11 aromatic carbocycles. The van der Waals surface area contributed by atoms with Crippen molar-refractivity contribution in [1.29, 1.82) is 0 Å². The molecular formula is C55H33NO. The third-order valence-corrected chi connectivity index (χ3v) is 11.8. The van der Waals surface area contributed by atoms with Crippen LogP contribution in [-0.2, 0) is 0 Å². The maximum Gasteiger partial charge on any atom is 0.227 e. The van der Waals surface area contributed by atoms with E-state index in [2.05, 4.69) is 170 Å². The lowest BCUT2D eigenvalue weighted by Gasteiger charge is -2.23. The highest BCUT2D eigenvalue weighted by atomic mass is 16.3. The second-order valence-corrected chi connectivity index (χ2v) is 14.9. The van der Waals surface area contributed by atoms with Gasteiger partial charge in [-0.3, -0.25) is 0 Å². The van der Waals surface area contributed by atoms with Gasteiger partial charge in [0.25, 0.3) is 0 Å². The smallest absolute Gasteiger partial charge is 0.227 e. The molecule has 12 rings (SSSR count). The molecule has 0 spiro atoms. The lowest BCUT2D eigenvalue weighted by molar-refractivity contribution is 0.623. The number of rotatable bonds is 4. The summed E-state index contributed by atoms with van der Waals surface area (Å²) in [5, 5.41) is 14.5. The summed E-state index contributed by atoms with van der Waals surface area (Å²) < 4.78 is 6.55.